The monoisotopic (exact) mass is 353 g/mol. The number of rotatable bonds is 5. The van der Waals surface area contributed by atoms with Crippen LogP contribution in [-0.2, 0) is 0 Å². The molecule has 5 heteroatoms. The first-order chi connectivity index (χ1) is 9.61. The van der Waals surface area contributed by atoms with E-state index in [2.05, 4.69) is 20.7 Å². The highest BCUT2D eigenvalue weighted by molar-refractivity contribution is 9.10. The maximum atomic E-state index is 12.9. The number of ketones is 1. The SMILES string of the molecule is CCNSc1ccc(C(=O)c2ccc(F)cc2)c(Br)c1. The number of nitrogens with one attached hydrogen (secondary N) is 1. The Bertz CT molecular complexity index is 616. The van der Waals surface area contributed by atoms with Crippen LogP contribution in [0.15, 0.2) is 51.8 Å². The first kappa shape index (κ1) is 15.2. The quantitative estimate of drug-likeness (QED) is 0.636. The minimum atomic E-state index is -0.349. The van der Waals surface area contributed by atoms with Crippen LogP contribution in [0.5, 0.6) is 0 Å². The van der Waals surface area contributed by atoms with E-state index in [-0.39, 0.29) is 11.6 Å². The summed E-state index contributed by atoms with van der Waals surface area (Å²) in [7, 11) is 0. The van der Waals surface area contributed by atoms with E-state index in [9.17, 15) is 9.18 Å². The third kappa shape index (κ3) is 3.69. The molecule has 0 aliphatic carbocycles. The Hall–Kier alpha value is -1.17. The van der Waals surface area contributed by atoms with Gasteiger partial charge in [-0.15, -0.1) is 0 Å². The Balaban J connectivity index is 2.24. The van der Waals surface area contributed by atoms with Gasteiger partial charge in [-0.05, 0) is 70.3 Å². The molecule has 2 aromatic carbocycles. The van der Waals surface area contributed by atoms with Crippen LogP contribution >= 0.6 is 27.9 Å². The third-order valence-electron chi connectivity index (χ3n) is 2.63. The van der Waals surface area contributed by atoms with Crippen LogP contribution in [0.4, 0.5) is 4.39 Å². The second kappa shape index (κ2) is 7.02. The molecule has 0 unspecified atom stereocenters. The van der Waals surface area contributed by atoms with Gasteiger partial charge < -0.3 is 0 Å². The van der Waals surface area contributed by atoms with Crippen LogP contribution < -0.4 is 4.72 Å². The highest BCUT2D eigenvalue weighted by Crippen LogP contribution is 2.25. The molecule has 0 radical (unpaired) electrons. The molecular weight excluding hydrogens is 341 g/mol. The maximum absolute atomic E-state index is 12.9. The summed E-state index contributed by atoms with van der Waals surface area (Å²) in [6.45, 7) is 2.88. The maximum Gasteiger partial charge on any atom is 0.194 e. The molecular formula is C15H13BrFNOS. The Labute approximate surface area is 130 Å². The number of halogens is 2. The van der Waals surface area contributed by atoms with Crippen molar-refractivity contribution in [3.63, 3.8) is 0 Å². The van der Waals surface area contributed by atoms with Crippen LogP contribution in [0.1, 0.15) is 22.8 Å². The highest BCUT2D eigenvalue weighted by Gasteiger charge is 2.13. The van der Waals surface area contributed by atoms with Crippen LogP contribution in [-0.4, -0.2) is 12.3 Å². The summed E-state index contributed by atoms with van der Waals surface area (Å²) in [5.41, 5.74) is 1.04. The zero-order valence-corrected chi connectivity index (χ0v) is 13.2. The van der Waals surface area contributed by atoms with Crippen molar-refractivity contribution >= 4 is 33.7 Å². The first-order valence-electron chi connectivity index (χ1n) is 6.11. The standard InChI is InChI=1S/C15H13BrFNOS/c1-2-18-20-12-7-8-13(14(16)9-12)15(19)10-3-5-11(17)6-4-10/h3-9,18H,2H2,1H3. The van der Waals surface area contributed by atoms with Gasteiger partial charge in [0.05, 0.1) is 0 Å². The van der Waals surface area contributed by atoms with Gasteiger partial charge in [-0.1, -0.05) is 6.92 Å². The zero-order chi connectivity index (χ0) is 14.5. The van der Waals surface area contributed by atoms with Crippen LogP contribution in [0.25, 0.3) is 0 Å². The second-order valence-electron chi connectivity index (χ2n) is 4.08. The Morgan fingerprint density at radius 3 is 2.55 bits per heavy atom. The molecule has 0 saturated carbocycles. The molecule has 2 rings (SSSR count). The van der Waals surface area contributed by atoms with Crippen molar-refractivity contribution in [2.45, 2.75) is 11.8 Å². The summed E-state index contributed by atoms with van der Waals surface area (Å²) < 4.78 is 16.8. The van der Waals surface area contributed by atoms with Crippen molar-refractivity contribution in [1.29, 1.82) is 0 Å². The lowest BCUT2D eigenvalue weighted by Gasteiger charge is -2.07. The van der Waals surface area contributed by atoms with Gasteiger partial charge in [-0.25, -0.2) is 4.39 Å². The molecule has 0 aromatic heterocycles. The Kier molecular flexibility index (Phi) is 5.34. The van der Waals surface area contributed by atoms with Crippen LogP contribution in [0, 0.1) is 5.82 Å². The summed E-state index contributed by atoms with van der Waals surface area (Å²) in [6, 6.07) is 11.1. The predicted octanol–water partition coefficient (Wildman–Crippen LogP) is 4.44. The van der Waals surface area contributed by atoms with Crippen LogP contribution in [0.2, 0.25) is 0 Å². The fourth-order valence-electron chi connectivity index (χ4n) is 1.66. The first-order valence-corrected chi connectivity index (χ1v) is 7.72. The van der Waals surface area contributed by atoms with Crippen LogP contribution in [0.3, 0.4) is 0 Å². The fraction of sp³-hybridized carbons (Fsp3) is 0.133. The van der Waals surface area contributed by atoms with Gasteiger partial charge in [0.15, 0.2) is 5.78 Å². The minimum Gasteiger partial charge on any atom is -0.289 e. The molecule has 2 nitrogen and oxygen atoms in total. The second-order valence-corrected chi connectivity index (χ2v) is 5.90. The van der Waals surface area contributed by atoms with Gasteiger partial charge in [0.25, 0.3) is 0 Å². The smallest absolute Gasteiger partial charge is 0.194 e. The van der Waals surface area contributed by atoms with Gasteiger partial charge in [0.1, 0.15) is 5.82 Å². The highest BCUT2D eigenvalue weighted by atomic mass is 79.9. The summed E-state index contributed by atoms with van der Waals surface area (Å²) in [5, 5.41) is 0. The number of carbonyl (C=O) groups is 1. The molecule has 0 heterocycles. The Morgan fingerprint density at radius 2 is 1.95 bits per heavy atom. The number of carbonyl (C=O) groups excluding carboxylic acids is 1. The molecule has 2 aromatic rings. The lowest BCUT2D eigenvalue weighted by Crippen LogP contribution is -2.03. The normalized spacial score (nSPS) is 10.6. The van der Waals surface area contributed by atoms with Gasteiger partial charge in [0.2, 0.25) is 0 Å². The van der Waals surface area contributed by atoms with E-state index < -0.39 is 0 Å². The molecule has 0 aliphatic rings. The van der Waals surface area contributed by atoms with Crippen molar-refractivity contribution in [3.05, 3.63) is 63.9 Å². The molecule has 0 bridgehead atoms. The molecule has 0 saturated heterocycles. The molecule has 20 heavy (non-hydrogen) atoms. The molecule has 0 fully saturated rings. The molecule has 0 atom stereocenters. The van der Waals surface area contributed by atoms with Crippen molar-refractivity contribution in [3.8, 4) is 0 Å². The number of benzene rings is 2. The van der Waals surface area contributed by atoms with Gasteiger partial charge in [-0.2, -0.15) is 0 Å². The van der Waals surface area contributed by atoms with E-state index in [4.69, 9.17) is 0 Å². The summed E-state index contributed by atoms with van der Waals surface area (Å²) in [5.74, 6) is -0.477. The largest absolute Gasteiger partial charge is 0.289 e. The van der Waals surface area contributed by atoms with E-state index in [1.165, 1.54) is 36.2 Å². The number of hydrogen-bond acceptors (Lipinski definition) is 3. The van der Waals surface area contributed by atoms with E-state index in [0.29, 0.717) is 11.1 Å². The van der Waals surface area contributed by atoms with Crippen molar-refractivity contribution in [2.24, 2.45) is 0 Å². The molecule has 0 amide bonds. The molecule has 0 aliphatic heterocycles. The van der Waals surface area contributed by atoms with E-state index in [1.807, 2.05) is 19.1 Å². The predicted molar refractivity (Wildman–Crippen MR) is 83.5 cm³/mol. The molecule has 0 spiro atoms. The third-order valence-corrected chi connectivity index (χ3v) is 4.20. The summed E-state index contributed by atoms with van der Waals surface area (Å²) >= 11 is 4.93. The van der Waals surface area contributed by atoms with E-state index in [1.54, 1.807) is 6.07 Å². The van der Waals surface area contributed by atoms with E-state index in [0.717, 1.165) is 15.9 Å². The van der Waals surface area contributed by atoms with Gasteiger partial charge >= 0.3 is 0 Å². The minimum absolute atomic E-state index is 0.128. The molecule has 104 valence electrons. The number of hydrogen-bond donors (Lipinski definition) is 1. The van der Waals surface area contributed by atoms with Crippen molar-refractivity contribution in [1.82, 2.24) is 4.72 Å². The lowest BCUT2D eigenvalue weighted by molar-refractivity contribution is 0.103. The topological polar surface area (TPSA) is 29.1 Å². The van der Waals surface area contributed by atoms with Crippen molar-refractivity contribution < 1.29 is 9.18 Å². The average Bonchev–Trinajstić information content (AvgIpc) is 2.45. The Morgan fingerprint density at radius 1 is 1.25 bits per heavy atom. The summed E-state index contributed by atoms with van der Waals surface area (Å²) in [4.78, 5) is 13.4. The lowest BCUT2D eigenvalue weighted by atomic mass is 10.0. The fourth-order valence-corrected chi connectivity index (χ4v) is 2.99. The molecule has 1 N–H and O–H groups in total. The zero-order valence-electron chi connectivity index (χ0n) is 10.8. The van der Waals surface area contributed by atoms with Crippen molar-refractivity contribution in [2.75, 3.05) is 6.54 Å². The summed E-state index contributed by atoms with van der Waals surface area (Å²) in [6.07, 6.45) is 0. The van der Waals surface area contributed by atoms with E-state index >= 15 is 0 Å². The average molecular weight is 354 g/mol. The van der Waals surface area contributed by atoms with Gasteiger partial charge in [0, 0.05) is 27.0 Å². The van der Waals surface area contributed by atoms with Gasteiger partial charge in [-0.3, -0.25) is 9.52 Å².